The Labute approximate surface area is 140 Å². The van der Waals surface area contributed by atoms with Gasteiger partial charge in [0, 0.05) is 32.2 Å². The molecule has 2 heterocycles. The number of likely N-dealkylation sites (tertiary alicyclic amines) is 1. The topological polar surface area (TPSA) is 64.6 Å². The van der Waals surface area contributed by atoms with Gasteiger partial charge in [-0.05, 0) is 25.2 Å². The van der Waals surface area contributed by atoms with Crippen LogP contribution in [0.15, 0.2) is 0 Å². The third kappa shape index (κ3) is 6.70. The molecule has 0 saturated carbocycles. The average molecular weight is 342 g/mol. The normalized spacial score (nSPS) is 27.0. The summed E-state index contributed by atoms with van der Waals surface area (Å²) in [5, 5.41) is 15.6. The van der Waals surface area contributed by atoms with E-state index in [2.05, 4.69) is 29.4 Å². The number of hydrogen-bond acceptors (Lipinski definition) is 4. The maximum Gasteiger partial charge on any atom is 0.237 e. The molecule has 0 aromatic carbocycles. The summed E-state index contributed by atoms with van der Waals surface area (Å²) in [5.74, 6) is 0.758. The molecule has 2 saturated heterocycles. The van der Waals surface area contributed by atoms with Crippen LogP contribution in [-0.2, 0) is 4.79 Å². The predicted molar refractivity (Wildman–Crippen MR) is 89.4 cm³/mol. The molecule has 0 aliphatic carbocycles. The molecule has 2 rings (SSSR count). The summed E-state index contributed by atoms with van der Waals surface area (Å²) >= 11 is 0. The van der Waals surface area contributed by atoms with Gasteiger partial charge in [0.15, 0.2) is 0 Å². The summed E-state index contributed by atoms with van der Waals surface area (Å²) in [5.41, 5.74) is 0. The van der Waals surface area contributed by atoms with Crippen LogP contribution in [0, 0.1) is 5.92 Å². The van der Waals surface area contributed by atoms with Crippen LogP contribution in [0.25, 0.3) is 0 Å². The summed E-state index contributed by atoms with van der Waals surface area (Å²) in [4.78, 5) is 14.5. The number of carbonyl (C=O) groups excluding carboxylic acids is 1. The number of aliphatic hydroxyl groups is 1. The SMILES string of the molecule is CC(C)CN1CCC(NC(=O)C2CC(O)CN2)CC1.Cl.Cl. The Morgan fingerprint density at radius 2 is 1.95 bits per heavy atom. The molecule has 1 amide bonds. The first-order valence-electron chi connectivity index (χ1n) is 7.48. The number of aliphatic hydroxyl groups excluding tert-OH is 1. The lowest BCUT2D eigenvalue weighted by Gasteiger charge is -2.33. The van der Waals surface area contributed by atoms with Crippen LogP contribution in [-0.4, -0.2) is 60.3 Å². The van der Waals surface area contributed by atoms with Gasteiger partial charge in [-0.25, -0.2) is 0 Å². The molecule has 0 bridgehead atoms. The molecule has 7 heteroatoms. The Bertz CT molecular complexity index is 311. The van der Waals surface area contributed by atoms with Crippen LogP contribution >= 0.6 is 24.8 Å². The highest BCUT2D eigenvalue weighted by Crippen LogP contribution is 2.13. The van der Waals surface area contributed by atoms with E-state index in [1.807, 2.05) is 0 Å². The van der Waals surface area contributed by atoms with E-state index in [0.29, 0.717) is 24.9 Å². The van der Waals surface area contributed by atoms with Crippen LogP contribution in [0.1, 0.15) is 33.1 Å². The number of rotatable bonds is 4. The molecule has 0 radical (unpaired) electrons. The number of β-amino-alcohol motifs (C(OH)–C–C–N with tert-alkyl or cyclic N) is 1. The maximum absolute atomic E-state index is 12.0. The van der Waals surface area contributed by atoms with Crippen molar-refractivity contribution in [2.24, 2.45) is 5.92 Å². The second kappa shape index (κ2) is 9.85. The minimum absolute atomic E-state index is 0. The van der Waals surface area contributed by atoms with Gasteiger partial charge in [-0.15, -0.1) is 24.8 Å². The van der Waals surface area contributed by atoms with Gasteiger partial charge >= 0.3 is 0 Å². The van der Waals surface area contributed by atoms with Crippen LogP contribution in [0.2, 0.25) is 0 Å². The fourth-order valence-corrected chi connectivity index (χ4v) is 2.99. The van der Waals surface area contributed by atoms with E-state index in [-0.39, 0.29) is 42.9 Å². The monoisotopic (exact) mass is 341 g/mol. The van der Waals surface area contributed by atoms with Crippen molar-refractivity contribution < 1.29 is 9.90 Å². The quantitative estimate of drug-likeness (QED) is 0.707. The van der Waals surface area contributed by atoms with Crippen molar-refractivity contribution in [3.8, 4) is 0 Å². The van der Waals surface area contributed by atoms with Gasteiger partial charge in [-0.1, -0.05) is 13.8 Å². The molecule has 2 unspecified atom stereocenters. The molecule has 21 heavy (non-hydrogen) atoms. The van der Waals surface area contributed by atoms with E-state index in [9.17, 15) is 9.90 Å². The minimum Gasteiger partial charge on any atom is -0.392 e. The first-order chi connectivity index (χ1) is 9.04. The Hall–Kier alpha value is -0.0700. The third-order valence-corrected chi connectivity index (χ3v) is 3.98. The van der Waals surface area contributed by atoms with Gasteiger partial charge < -0.3 is 20.6 Å². The predicted octanol–water partition coefficient (Wildman–Crippen LogP) is 0.789. The molecule has 0 spiro atoms. The third-order valence-electron chi connectivity index (χ3n) is 3.98. The number of piperidine rings is 1. The molecule has 5 nitrogen and oxygen atoms in total. The lowest BCUT2D eigenvalue weighted by atomic mass is 10.0. The largest absolute Gasteiger partial charge is 0.392 e. The molecule has 2 fully saturated rings. The standard InChI is InChI=1S/C14H27N3O2.2ClH/c1-10(2)9-17-5-3-11(4-6-17)16-14(19)13-7-12(18)8-15-13;;/h10-13,15,18H,3-9H2,1-2H3,(H,16,19);2*1H. The van der Waals surface area contributed by atoms with E-state index >= 15 is 0 Å². The Morgan fingerprint density at radius 1 is 1.33 bits per heavy atom. The number of carbonyl (C=O) groups is 1. The highest BCUT2D eigenvalue weighted by molar-refractivity contribution is 5.85. The lowest BCUT2D eigenvalue weighted by molar-refractivity contribution is -0.124. The van der Waals surface area contributed by atoms with Crippen molar-refractivity contribution >= 4 is 30.7 Å². The van der Waals surface area contributed by atoms with Crippen molar-refractivity contribution in [1.29, 1.82) is 0 Å². The van der Waals surface area contributed by atoms with Crippen molar-refractivity contribution in [3.63, 3.8) is 0 Å². The summed E-state index contributed by atoms with van der Waals surface area (Å²) in [6.07, 6.45) is 2.24. The van der Waals surface area contributed by atoms with E-state index in [0.717, 1.165) is 32.5 Å². The zero-order valence-electron chi connectivity index (χ0n) is 12.9. The molecule has 126 valence electrons. The van der Waals surface area contributed by atoms with Gasteiger partial charge in [0.2, 0.25) is 5.91 Å². The number of nitrogens with zero attached hydrogens (tertiary/aromatic N) is 1. The number of nitrogens with one attached hydrogen (secondary N) is 2. The molecule has 2 atom stereocenters. The van der Waals surface area contributed by atoms with Crippen LogP contribution in [0.4, 0.5) is 0 Å². The van der Waals surface area contributed by atoms with E-state index in [1.165, 1.54) is 0 Å². The van der Waals surface area contributed by atoms with Crippen molar-refractivity contribution in [2.45, 2.75) is 51.3 Å². The lowest BCUT2D eigenvalue weighted by Crippen LogP contribution is -2.49. The first-order valence-corrected chi connectivity index (χ1v) is 7.48. The van der Waals surface area contributed by atoms with E-state index < -0.39 is 0 Å². The molecule has 0 aromatic rings. The van der Waals surface area contributed by atoms with Gasteiger partial charge in [0.1, 0.15) is 0 Å². The molecular weight excluding hydrogens is 313 g/mol. The average Bonchev–Trinajstić information content (AvgIpc) is 2.78. The Balaban J connectivity index is 0.00000200. The first kappa shape index (κ1) is 20.9. The van der Waals surface area contributed by atoms with Crippen molar-refractivity contribution in [1.82, 2.24) is 15.5 Å². The Kier molecular flexibility index (Phi) is 9.81. The van der Waals surface area contributed by atoms with Crippen LogP contribution in [0.5, 0.6) is 0 Å². The molecule has 3 N–H and O–H groups in total. The fourth-order valence-electron chi connectivity index (χ4n) is 2.99. The van der Waals surface area contributed by atoms with Gasteiger partial charge in [0.25, 0.3) is 0 Å². The zero-order valence-corrected chi connectivity index (χ0v) is 14.5. The second-order valence-corrected chi connectivity index (χ2v) is 6.33. The summed E-state index contributed by atoms with van der Waals surface area (Å²) in [7, 11) is 0. The Morgan fingerprint density at radius 3 is 2.43 bits per heavy atom. The van der Waals surface area contributed by atoms with Gasteiger partial charge in [-0.3, -0.25) is 4.79 Å². The van der Waals surface area contributed by atoms with E-state index in [4.69, 9.17) is 0 Å². The van der Waals surface area contributed by atoms with Crippen molar-refractivity contribution in [3.05, 3.63) is 0 Å². The summed E-state index contributed by atoms with van der Waals surface area (Å²) in [6, 6.07) is 0.0964. The maximum atomic E-state index is 12.0. The highest BCUT2D eigenvalue weighted by atomic mass is 35.5. The van der Waals surface area contributed by atoms with Gasteiger partial charge in [-0.2, -0.15) is 0 Å². The smallest absolute Gasteiger partial charge is 0.237 e. The van der Waals surface area contributed by atoms with Crippen molar-refractivity contribution in [2.75, 3.05) is 26.2 Å². The molecular formula is C14H29Cl2N3O2. The minimum atomic E-state index is -0.372. The summed E-state index contributed by atoms with van der Waals surface area (Å²) < 4.78 is 0. The van der Waals surface area contributed by atoms with Crippen LogP contribution in [0.3, 0.4) is 0 Å². The fraction of sp³-hybridized carbons (Fsp3) is 0.929. The number of hydrogen-bond donors (Lipinski definition) is 3. The molecule has 2 aliphatic heterocycles. The molecule has 0 aromatic heterocycles. The van der Waals surface area contributed by atoms with E-state index in [1.54, 1.807) is 0 Å². The molecule has 2 aliphatic rings. The second-order valence-electron chi connectivity index (χ2n) is 6.33. The number of halogens is 2. The highest BCUT2D eigenvalue weighted by Gasteiger charge is 2.30. The number of amides is 1. The van der Waals surface area contributed by atoms with Crippen LogP contribution < -0.4 is 10.6 Å². The summed E-state index contributed by atoms with van der Waals surface area (Å²) in [6.45, 7) is 8.31. The van der Waals surface area contributed by atoms with Gasteiger partial charge in [0.05, 0.1) is 12.1 Å². The zero-order chi connectivity index (χ0) is 13.8.